The summed E-state index contributed by atoms with van der Waals surface area (Å²) < 4.78 is 0. The van der Waals surface area contributed by atoms with Crippen molar-refractivity contribution >= 4 is 17.7 Å². The highest BCUT2D eigenvalue weighted by molar-refractivity contribution is 5.80. The zero-order valence-electron chi connectivity index (χ0n) is 11.5. The average Bonchev–Trinajstić information content (AvgIpc) is 2.36. The van der Waals surface area contributed by atoms with Gasteiger partial charge < -0.3 is 15.1 Å². The fourth-order valence-electron chi connectivity index (χ4n) is 1.43. The van der Waals surface area contributed by atoms with Gasteiger partial charge in [0.25, 0.3) is 0 Å². The molecule has 0 unspecified atom stereocenters. The number of likely N-dealkylation sites (N-methyl/N-ethyl adjacent to an activating group) is 2. The van der Waals surface area contributed by atoms with Gasteiger partial charge in [-0.05, 0) is 19.9 Å². The second-order valence-corrected chi connectivity index (χ2v) is 4.07. The number of nitrogens with zero attached hydrogens (tertiary/aromatic N) is 4. The Bertz CT molecular complexity index is 394. The molecule has 0 bridgehead atoms. The molecule has 0 atom stereocenters. The lowest BCUT2D eigenvalue weighted by Gasteiger charge is -2.23. The van der Waals surface area contributed by atoms with Gasteiger partial charge in [0.15, 0.2) is 0 Å². The maximum Gasteiger partial charge on any atom is 0.241 e. The minimum atomic E-state index is 0.0560. The summed E-state index contributed by atoms with van der Waals surface area (Å²) in [4.78, 5) is 23.7. The summed E-state index contributed by atoms with van der Waals surface area (Å²) >= 11 is 0. The molecule has 1 aromatic heterocycles. The van der Waals surface area contributed by atoms with E-state index >= 15 is 0 Å². The third-order valence-corrected chi connectivity index (χ3v) is 2.51. The molecule has 1 heterocycles. The van der Waals surface area contributed by atoms with Crippen LogP contribution in [0.2, 0.25) is 0 Å². The molecule has 1 aromatic rings. The van der Waals surface area contributed by atoms with Crippen molar-refractivity contribution in [1.82, 2.24) is 14.9 Å². The third-order valence-electron chi connectivity index (χ3n) is 2.51. The van der Waals surface area contributed by atoms with Crippen LogP contribution in [0.3, 0.4) is 0 Å². The quantitative estimate of drug-likeness (QED) is 0.811. The van der Waals surface area contributed by atoms with Gasteiger partial charge >= 0.3 is 0 Å². The van der Waals surface area contributed by atoms with E-state index in [1.807, 2.05) is 24.8 Å². The summed E-state index contributed by atoms with van der Waals surface area (Å²) in [5.41, 5.74) is 0. The lowest BCUT2D eigenvalue weighted by Crippen LogP contribution is -2.37. The van der Waals surface area contributed by atoms with Gasteiger partial charge in [-0.2, -0.15) is 4.98 Å². The number of amides is 1. The molecule has 6 heteroatoms. The fourth-order valence-corrected chi connectivity index (χ4v) is 1.43. The monoisotopic (exact) mass is 251 g/mol. The van der Waals surface area contributed by atoms with E-state index in [0.717, 1.165) is 18.9 Å². The molecule has 0 radical (unpaired) electrons. The summed E-state index contributed by atoms with van der Waals surface area (Å²) in [6.45, 7) is 5.81. The van der Waals surface area contributed by atoms with Crippen LogP contribution < -0.4 is 10.2 Å². The second kappa shape index (κ2) is 6.78. The van der Waals surface area contributed by atoms with Crippen LogP contribution in [0.25, 0.3) is 0 Å². The number of anilines is 2. The first-order chi connectivity index (χ1) is 8.58. The van der Waals surface area contributed by atoms with Crippen molar-refractivity contribution < 1.29 is 4.79 Å². The number of hydrogen-bond donors (Lipinski definition) is 1. The van der Waals surface area contributed by atoms with Gasteiger partial charge in [-0.25, -0.2) is 4.98 Å². The maximum atomic E-state index is 11.7. The summed E-state index contributed by atoms with van der Waals surface area (Å²) in [7, 11) is 3.50. The molecule has 0 aromatic carbocycles. The highest BCUT2D eigenvalue weighted by Gasteiger charge is 2.13. The minimum absolute atomic E-state index is 0.0560. The molecule has 0 saturated carbocycles. The van der Waals surface area contributed by atoms with Crippen LogP contribution in [0.5, 0.6) is 0 Å². The average molecular weight is 251 g/mol. The highest BCUT2D eigenvalue weighted by Crippen LogP contribution is 2.11. The summed E-state index contributed by atoms with van der Waals surface area (Å²) in [5, 5.41) is 3.06. The van der Waals surface area contributed by atoms with E-state index in [-0.39, 0.29) is 5.91 Å². The lowest BCUT2D eigenvalue weighted by atomic mass is 10.4. The predicted octanol–water partition coefficient (Wildman–Crippen LogP) is 0.823. The third kappa shape index (κ3) is 3.87. The second-order valence-electron chi connectivity index (χ2n) is 4.07. The smallest absolute Gasteiger partial charge is 0.241 e. The van der Waals surface area contributed by atoms with Gasteiger partial charge in [0.2, 0.25) is 11.9 Å². The Balaban J connectivity index is 2.81. The number of aromatic nitrogens is 2. The molecule has 1 N–H and O–H groups in total. The zero-order valence-corrected chi connectivity index (χ0v) is 11.5. The van der Waals surface area contributed by atoms with Crippen molar-refractivity contribution in [2.45, 2.75) is 13.8 Å². The molecule has 1 rings (SSSR count). The molecular weight excluding hydrogens is 230 g/mol. The number of nitrogens with one attached hydrogen (secondary N) is 1. The van der Waals surface area contributed by atoms with Crippen molar-refractivity contribution in [1.29, 1.82) is 0 Å². The van der Waals surface area contributed by atoms with Crippen LogP contribution in [0.4, 0.5) is 11.8 Å². The van der Waals surface area contributed by atoms with E-state index in [0.29, 0.717) is 12.5 Å². The molecule has 6 nitrogen and oxygen atoms in total. The van der Waals surface area contributed by atoms with E-state index in [4.69, 9.17) is 0 Å². The first-order valence-corrected chi connectivity index (χ1v) is 6.10. The van der Waals surface area contributed by atoms with Crippen LogP contribution in [0.1, 0.15) is 13.8 Å². The van der Waals surface area contributed by atoms with E-state index in [1.54, 1.807) is 25.2 Å². The molecule has 18 heavy (non-hydrogen) atoms. The molecule has 0 aliphatic carbocycles. The number of carbonyl (C=O) groups excluding carboxylic acids is 1. The van der Waals surface area contributed by atoms with E-state index in [1.165, 1.54) is 0 Å². The topological polar surface area (TPSA) is 61.4 Å². The Morgan fingerprint density at radius 2 is 2.11 bits per heavy atom. The molecule has 0 aliphatic heterocycles. The Hall–Kier alpha value is -1.85. The van der Waals surface area contributed by atoms with Crippen LogP contribution in [-0.4, -0.2) is 54.5 Å². The number of carbonyl (C=O) groups is 1. The molecule has 1 amide bonds. The molecule has 0 saturated heterocycles. The number of hydrogen-bond acceptors (Lipinski definition) is 5. The summed E-state index contributed by atoms with van der Waals surface area (Å²) in [6.07, 6.45) is 1.70. The molecule has 0 fully saturated rings. The molecular formula is C12H21N5O. The Kier molecular flexibility index (Phi) is 5.35. The lowest BCUT2D eigenvalue weighted by molar-refractivity contribution is -0.127. The van der Waals surface area contributed by atoms with Crippen molar-refractivity contribution in [2.75, 3.05) is 43.9 Å². The summed E-state index contributed by atoms with van der Waals surface area (Å²) in [6, 6.07) is 1.81. The molecule has 100 valence electrons. The van der Waals surface area contributed by atoms with Crippen LogP contribution in [0, 0.1) is 0 Å². The van der Waals surface area contributed by atoms with E-state index < -0.39 is 0 Å². The van der Waals surface area contributed by atoms with Crippen molar-refractivity contribution in [3.63, 3.8) is 0 Å². The Morgan fingerprint density at radius 3 is 2.67 bits per heavy atom. The van der Waals surface area contributed by atoms with Gasteiger partial charge in [0.05, 0.1) is 6.54 Å². The largest absolute Gasteiger partial charge is 0.354 e. The highest BCUT2D eigenvalue weighted by atomic mass is 16.2. The van der Waals surface area contributed by atoms with Crippen LogP contribution in [0.15, 0.2) is 12.3 Å². The van der Waals surface area contributed by atoms with Gasteiger partial charge in [0.1, 0.15) is 5.82 Å². The summed E-state index contributed by atoms with van der Waals surface area (Å²) in [5.74, 6) is 1.41. The van der Waals surface area contributed by atoms with Crippen molar-refractivity contribution in [3.8, 4) is 0 Å². The normalized spacial score (nSPS) is 10.0. The predicted molar refractivity (Wildman–Crippen MR) is 72.8 cm³/mol. The number of rotatable bonds is 6. The standard InChI is InChI=1S/C12H21N5O/c1-5-13-12-14-8-7-10(15-12)17(6-2)9-11(18)16(3)4/h7-8H,5-6,9H2,1-4H3,(H,13,14,15). The van der Waals surface area contributed by atoms with Gasteiger partial charge in [-0.1, -0.05) is 0 Å². The Labute approximate surface area is 108 Å². The Morgan fingerprint density at radius 1 is 1.39 bits per heavy atom. The minimum Gasteiger partial charge on any atom is -0.354 e. The van der Waals surface area contributed by atoms with E-state index in [2.05, 4.69) is 15.3 Å². The van der Waals surface area contributed by atoms with Crippen LogP contribution in [-0.2, 0) is 4.79 Å². The molecule has 0 aliphatic rings. The maximum absolute atomic E-state index is 11.7. The first kappa shape index (κ1) is 14.2. The van der Waals surface area contributed by atoms with Gasteiger partial charge in [-0.15, -0.1) is 0 Å². The molecule has 0 spiro atoms. The first-order valence-electron chi connectivity index (χ1n) is 6.10. The fraction of sp³-hybridized carbons (Fsp3) is 0.583. The van der Waals surface area contributed by atoms with Gasteiger partial charge in [-0.3, -0.25) is 4.79 Å². The van der Waals surface area contributed by atoms with Crippen LogP contribution >= 0.6 is 0 Å². The SMILES string of the molecule is CCNc1nccc(N(CC)CC(=O)N(C)C)n1. The van der Waals surface area contributed by atoms with E-state index in [9.17, 15) is 4.79 Å². The van der Waals surface area contributed by atoms with Gasteiger partial charge in [0, 0.05) is 33.4 Å². The van der Waals surface area contributed by atoms with Crippen molar-refractivity contribution in [3.05, 3.63) is 12.3 Å². The van der Waals surface area contributed by atoms with Crippen molar-refractivity contribution in [2.24, 2.45) is 0 Å². The zero-order chi connectivity index (χ0) is 13.5.